The Balaban J connectivity index is 1.28. The van der Waals surface area contributed by atoms with Gasteiger partial charge in [-0.25, -0.2) is 4.98 Å². The summed E-state index contributed by atoms with van der Waals surface area (Å²) in [6, 6.07) is 17.3. The molecule has 1 aliphatic carbocycles. The first kappa shape index (κ1) is 19.3. The number of aromatic nitrogens is 3. The van der Waals surface area contributed by atoms with Gasteiger partial charge in [-0.1, -0.05) is 71.4 Å². The number of hydrogen-bond donors (Lipinski definition) is 1. The van der Waals surface area contributed by atoms with Crippen LogP contribution in [0.1, 0.15) is 6.42 Å². The summed E-state index contributed by atoms with van der Waals surface area (Å²) in [5, 5.41) is 15.3. The highest BCUT2D eigenvalue weighted by molar-refractivity contribution is 7.99. The van der Waals surface area contributed by atoms with Gasteiger partial charge in [0.25, 0.3) is 0 Å². The third-order valence-electron chi connectivity index (χ3n) is 4.79. The second kappa shape index (κ2) is 7.87. The fourth-order valence-electron chi connectivity index (χ4n) is 3.56. The van der Waals surface area contributed by atoms with E-state index in [-0.39, 0.29) is 5.91 Å². The lowest BCUT2D eigenvalue weighted by atomic mass is 10.0. The molecule has 0 aliphatic heterocycles. The van der Waals surface area contributed by atoms with Crippen LogP contribution < -0.4 is 5.32 Å². The summed E-state index contributed by atoms with van der Waals surface area (Å²) in [5.74, 6) is 0.393. The number of carbonyl (C=O) groups excluding carboxylic acids is 1. The number of carbonyl (C=O) groups is 1. The molecule has 1 aromatic heterocycles. The molecule has 8 heteroatoms. The molecule has 148 valence electrons. The number of benzene rings is 3. The normalized spacial score (nSPS) is 11.5. The Kier molecular flexibility index (Phi) is 5.06. The zero-order chi connectivity index (χ0) is 20.7. The monoisotopic (exact) mass is 452 g/mol. The lowest BCUT2D eigenvalue weighted by Crippen LogP contribution is -2.12. The molecule has 1 N–H and O–H groups in total. The zero-order valence-corrected chi connectivity index (χ0v) is 17.9. The number of amides is 1. The Morgan fingerprint density at radius 2 is 1.63 bits per heavy atom. The quantitative estimate of drug-likeness (QED) is 0.326. The van der Waals surface area contributed by atoms with E-state index < -0.39 is 0 Å². The SMILES string of the molecule is O=C(CCSc1nnc2c(n1)-c1cccc3cccc-2c13)Nc1cc(Cl)cc(Cl)c1. The van der Waals surface area contributed by atoms with Gasteiger partial charge in [-0.15, -0.1) is 10.2 Å². The first-order chi connectivity index (χ1) is 14.6. The molecule has 0 fully saturated rings. The lowest BCUT2D eigenvalue weighted by Gasteiger charge is -2.06. The minimum absolute atomic E-state index is 0.132. The van der Waals surface area contributed by atoms with Gasteiger partial charge in [-0.3, -0.25) is 4.79 Å². The van der Waals surface area contributed by atoms with E-state index in [0.717, 1.165) is 27.9 Å². The average Bonchev–Trinajstić information content (AvgIpc) is 3.03. The molecule has 0 bridgehead atoms. The number of thioether (sulfide) groups is 1. The van der Waals surface area contributed by atoms with Crippen LogP contribution in [-0.4, -0.2) is 26.8 Å². The van der Waals surface area contributed by atoms with Crippen LogP contribution in [-0.2, 0) is 4.79 Å². The molecular formula is C22H14Cl2N4OS. The van der Waals surface area contributed by atoms with Crippen LogP contribution in [0.25, 0.3) is 33.3 Å². The molecule has 5 nitrogen and oxygen atoms in total. The number of fused-ring (bicyclic) bond motifs is 3. The van der Waals surface area contributed by atoms with E-state index in [1.54, 1.807) is 18.2 Å². The van der Waals surface area contributed by atoms with Gasteiger partial charge >= 0.3 is 0 Å². The maximum atomic E-state index is 12.2. The van der Waals surface area contributed by atoms with Crippen LogP contribution in [0.15, 0.2) is 59.8 Å². The Bertz CT molecular complexity index is 1290. The van der Waals surface area contributed by atoms with E-state index in [4.69, 9.17) is 28.2 Å². The van der Waals surface area contributed by atoms with Gasteiger partial charge < -0.3 is 5.32 Å². The van der Waals surface area contributed by atoms with Gasteiger partial charge in [0.15, 0.2) is 0 Å². The van der Waals surface area contributed by atoms with Crippen LogP contribution in [0.2, 0.25) is 10.0 Å². The first-order valence-electron chi connectivity index (χ1n) is 9.24. The third kappa shape index (κ3) is 3.62. The van der Waals surface area contributed by atoms with E-state index in [2.05, 4.69) is 33.7 Å². The predicted molar refractivity (Wildman–Crippen MR) is 122 cm³/mol. The number of nitrogens with one attached hydrogen (secondary N) is 1. The number of hydrogen-bond acceptors (Lipinski definition) is 5. The standard InChI is InChI=1S/C22H14Cl2N4OS/c23-13-9-14(24)11-15(10-13)25-18(29)7-8-30-22-26-20-16-5-1-3-12-4-2-6-17(19(12)16)21(20)27-28-22/h1-6,9-11H,7-8H2,(H,25,29). The molecule has 4 aromatic rings. The Morgan fingerprint density at radius 1 is 0.933 bits per heavy atom. The van der Waals surface area contributed by atoms with E-state index in [9.17, 15) is 4.79 Å². The van der Waals surface area contributed by atoms with Crippen LogP contribution >= 0.6 is 35.0 Å². The Labute approximate surface area is 186 Å². The van der Waals surface area contributed by atoms with Crippen LogP contribution in [0.4, 0.5) is 5.69 Å². The van der Waals surface area contributed by atoms with Crippen molar-refractivity contribution in [3.8, 4) is 22.5 Å². The number of halogens is 2. The van der Waals surface area contributed by atoms with Crippen LogP contribution in [0.3, 0.4) is 0 Å². The van der Waals surface area contributed by atoms with Gasteiger partial charge in [0.1, 0.15) is 11.4 Å². The van der Waals surface area contributed by atoms with Crippen molar-refractivity contribution in [2.75, 3.05) is 11.1 Å². The summed E-state index contributed by atoms with van der Waals surface area (Å²) in [7, 11) is 0. The first-order valence-corrected chi connectivity index (χ1v) is 11.0. The second-order valence-corrected chi connectivity index (χ2v) is 8.74. The number of anilines is 1. The van der Waals surface area contributed by atoms with Crippen LogP contribution in [0.5, 0.6) is 0 Å². The summed E-state index contributed by atoms with van der Waals surface area (Å²) >= 11 is 13.3. The van der Waals surface area contributed by atoms with Gasteiger partial charge in [0.2, 0.25) is 11.1 Å². The Hall–Kier alpha value is -2.67. The largest absolute Gasteiger partial charge is 0.326 e. The summed E-state index contributed by atoms with van der Waals surface area (Å²) in [4.78, 5) is 16.9. The molecule has 5 rings (SSSR count). The summed E-state index contributed by atoms with van der Waals surface area (Å²) in [5.41, 5.74) is 4.36. The van der Waals surface area contributed by atoms with Crippen molar-refractivity contribution in [1.82, 2.24) is 15.2 Å². The summed E-state index contributed by atoms with van der Waals surface area (Å²) < 4.78 is 0. The molecule has 1 amide bonds. The smallest absolute Gasteiger partial charge is 0.225 e. The third-order valence-corrected chi connectivity index (χ3v) is 6.06. The van der Waals surface area contributed by atoms with Crippen molar-refractivity contribution in [1.29, 1.82) is 0 Å². The highest BCUT2D eigenvalue weighted by Gasteiger charge is 2.24. The van der Waals surface area contributed by atoms with E-state index in [0.29, 0.717) is 33.1 Å². The summed E-state index contributed by atoms with van der Waals surface area (Å²) in [6.45, 7) is 0. The maximum Gasteiger partial charge on any atom is 0.225 e. The van der Waals surface area contributed by atoms with Gasteiger partial charge in [-0.2, -0.15) is 0 Å². The molecule has 1 aliphatic rings. The molecule has 30 heavy (non-hydrogen) atoms. The molecule has 0 saturated heterocycles. The van der Waals surface area contributed by atoms with Crippen molar-refractivity contribution in [2.24, 2.45) is 0 Å². The summed E-state index contributed by atoms with van der Waals surface area (Å²) in [6.07, 6.45) is 0.297. The lowest BCUT2D eigenvalue weighted by molar-refractivity contribution is -0.115. The minimum Gasteiger partial charge on any atom is -0.326 e. The van der Waals surface area contributed by atoms with Crippen molar-refractivity contribution >= 4 is 57.3 Å². The highest BCUT2D eigenvalue weighted by Crippen LogP contribution is 2.44. The predicted octanol–water partition coefficient (Wildman–Crippen LogP) is 6.10. The number of nitrogens with zero attached hydrogens (tertiary/aromatic N) is 3. The van der Waals surface area contributed by atoms with E-state index in [1.165, 1.54) is 17.1 Å². The fraction of sp³-hybridized carbons (Fsp3) is 0.0909. The average molecular weight is 453 g/mol. The molecule has 0 spiro atoms. The maximum absolute atomic E-state index is 12.2. The minimum atomic E-state index is -0.132. The van der Waals surface area contributed by atoms with Crippen molar-refractivity contribution in [3.05, 3.63) is 64.6 Å². The molecule has 0 saturated carbocycles. The molecule has 0 radical (unpaired) electrons. The fourth-order valence-corrected chi connectivity index (χ4v) is 4.81. The highest BCUT2D eigenvalue weighted by atomic mass is 35.5. The molecule has 1 heterocycles. The van der Waals surface area contributed by atoms with Crippen molar-refractivity contribution in [3.63, 3.8) is 0 Å². The van der Waals surface area contributed by atoms with Gasteiger partial charge in [-0.05, 0) is 23.6 Å². The second-order valence-electron chi connectivity index (χ2n) is 6.81. The topological polar surface area (TPSA) is 67.8 Å². The van der Waals surface area contributed by atoms with E-state index in [1.807, 2.05) is 18.2 Å². The van der Waals surface area contributed by atoms with Gasteiger partial charge in [0, 0.05) is 44.4 Å². The molecule has 3 aromatic carbocycles. The van der Waals surface area contributed by atoms with Gasteiger partial charge in [0.05, 0.1) is 0 Å². The van der Waals surface area contributed by atoms with Crippen molar-refractivity contribution in [2.45, 2.75) is 11.6 Å². The molecule has 0 atom stereocenters. The molecule has 0 unspecified atom stereocenters. The van der Waals surface area contributed by atoms with Crippen LogP contribution in [0, 0.1) is 0 Å². The van der Waals surface area contributed by atoms with Crippen molar-refractivity contribution < 1.29 is 4.79 Å². The zero-order valence-electron chi connectivity index (χ0n) is 15.5. The number of rotatable bonds is 5. The van der Waals surface area contributed by atoms with E-state index >= 15 is 0 Å². The molecular weight excluding hydrogens is 439 g/mol. The Morgan fingerprint density at radius 3 is 2.37 bits per heavy atom.